The van der Waals surface area contributed by atoms with Gasteiger partial charge in [-0.1, -0.05) is 13.0 Å². The van der Waals surface area contributed by atoms with Gasteiger partial charge in [-0.25, -0.2) is 0 Å². The number of nitriles is 1. The standard InChI is InChI=1S/C15H19NO/c1-11-3-6-14(7-4-11)17-15-8-5-12(2)9-13(15)10-16/h5,8-9,11,14H,3-4,6-7H2,1-2H3. The van der Waals surface area contributed by atoms with E-state index >= 15 is 0 Å². The van der Waals surface area contributed by atoms with Gasteiger partial charge in [0.05, 0.1) is 11.7 Å². The van der Waals surface area contributed by atoms with E-state index in [9.17, 15) is 0 Å². The Kier molecular flexibility index (Phi) is 3.68. The second-order valence-electron chi connectivity index (χ2n) is 5.11. The first-order valence-corrected chi connectivity index (χ1v) is 6.36. The summed E-state index contributed by atoms with van der Waals surface area (Å²) in [5, 5.41) is 9.08. The molecule has 2 nitrogen and oxygen atoms in total. The molecular formula is C15H19NO. The van der Waals surface area contributed by atoms with E-state index in [-0.39, 0.29) is 0 Å². The molecule has 1 saturated carbocycles. The SMILES string of the molecule is Cc1ccc(OC2CCC(C)CC2)c(C#N)c1. The molecule has 0 atom stereocenters. The van der Waals surface area contributed by atoms with Crippen molar-refractivity contribution in [3.63, 3.8) is 0 Å². The maximum absolute atomic E-state index is 9.08. The van der Waals surface area contributed by atoms with Gasteiger partial charge in [0, 0.05) is 0 Å². The van der Waals surface area contributed by atoms with Crippen LogP contribution in [-0.4, -0.2) is 6.10 Å². The number of nitrogens with zero attached hydrogens (tertiary/aromatic N) is 1. The normalized spacial score (nSPS) is 24.1. The highest BCUT2D eigenvalue weighted by Crippen LogP contribution is 2.28. The van der Waals surface area contributed by atoms with Crippen LogP contribution in [0.4, 0.5) is 0 Å². The van der Waals surface area contributed by atoms with Gasteiger partial charge < -0.3 is 4.74 Å². The number of benzene rings is 1. The number of hydrogen-bond donors (Lipinski definition) is 0. The minimum absolute atomic E-state index is 0.293. The summed E-state index contributed by atoms with van der Waals surface area (Å²) in [4.78, 5) is 0. The van der Waals surface area contributed by atoms with Gasteiger partial charge in [-0.2, -0.15) is 5.26 Å². The number of aryl methyl sites for hydroxylation is 1. The van der Waals surface area contributed by atoms with Crippen molar-refractivity contribution in [3.05, 3.63) is 29.3 Å². The van der Waals surface area contributed by atoms with Crippen LogP contribution in [-0.2, 0) is 0 Å². The molecule has 0 N–H and O–H groups in total. The lowest BCUT2D eigenvalue weighted by Crippen LogP contribution is -2.23. The predicted molar refractivity (Wildman–Crippen MR) is 67.9 cm³/mol. The second kappa shape index (κ2) is 5.23. The topological polar surface area (TPSA) is 33.0 Å². The summed E-state index contributed by atoms with van der Waals surface area (Å²) in [6, 6.07) is 8.02. The zero-order valence-electron chi connectivity index (χ0n) is 10.6. The molecule has 1 aromatic carbocycles. The zero-order chi connectivity index (χ0) is 12.3. The van der Waals surface area contributed by atoms with E-state index in [2.05, 4.69) is 13.0 Å². The van der Waals surface area contributed by atoms with E-state index in [1.807, 2.05) is 25.1 Å². The van der Waals surface area contributed by atoms with Crippen LogP contribution in [0.2, 0.25) is 0 Å². The van der Waals surface area contributed by atoms with Crippen molar-refractivity contribution in [2.45, 2.75) is 45.6 Å². The fraction of sp³-hybridized carbons (Fsp3) is 0.533. The molecule has 2 heteroatoms. The average Bonchev–Trinajstić information content (AvgIpc) is 2.34. The van der Waals surface area contributed by atoms with E-state index in [0.29, 0.717) is 11.7 Å². The molecule has 1 fully saturated rings. The van der Waals surface area contributed by atoms with E-state index in [0.717, 1.165) is 30.1 Å². The van der Waals surface area contributed by atoms with E-state index in [1.54, 1.807) is 0 Å². The van der Waals surface area contributed by atoms with Crippen molar-refractivity contribution in [2.24, 2.45) is 5.92 Å². The molecule has 0 amide bonds. The first-order valence-electron chi connectivity index (χ1n) is 6.36. The molecule has 0 spiro atoms. The molecule has 90 valence electrons. The van der Waals surface area contributed by atoms with Crippen molar-refractivity contribution in [2.75, 3.05) is 0 Å². The van der Waals surface area contributed by atoms with Crippen molar-refractivity contribution in [1.82, 2.24) is 0 Å². The Morgan fingerprint density at radius 3 is 2.59 bits per heavy atom. The third kappa shape index (κ3) is 3.00. The Balaban J connectivity index is 2.06. The summed E-state index contributed by atoms with van der Waals surface area (Å²) in [7, 11) is 0. The fourth-order valence-corrected chi connectivity index (χ4v) is 2.36. The van der Waals surface area contributed by atoms with Gasteiger partial charge in [0.2, 0.25) is 0 Å². The second-order valence-corrected chi connectivity index (χ2v) is 5.11. The van der Waals surface area contributed by atoms with Crippen molar-refractivity contribution in [1.29, 1.82) is 5.26 Å². The van der Waals surface area contributed by atoms with Crippen LogP contribution in [0.15, 0.2) is 18.2 Å². The molecule has 0 saturated heterocycles. The van der Waals surface area contributed by atoms with Crippen LogP contribution in [0, 0.1) is 24.2 Å². The minimum Gasteiger partial charge on any atom is -0.489 e. The Labute approximate surface area is 103 Å². The smallest absolute Gasteiger partial charge is 0.137 e. The average molecular weight is 229 g/mol. The summed E-state index contributed by atoms with van der Waals surface area (Å²) in [5.41, 5.74) is 1.76. The maximum atomic E-state index is 9.08. The summed E-state index contributed by atoms with van der Waals surface area (Å²) in [5.74, 6) is 1.57. The summed E-state index contributed by atoms with van der Waals surface area (Å²) >= 11 is 0. The third-order valence-electron chi connectivity index (χ3n) is 3.51. The lowest BCUT2D eigenvalue weighted by atomic mass is 9.89. The van der Waals surface area contributed by atoms with Gasteiger partial charge in [0.1, 0.15) is 11.8 Å². The van der Waals surface area contributed by atoms with Crippen molar-refractivity contribution in [3.8, 4) is 11.8 Å². The van der Waals surface area contributed by atoms with Gasteiger partial charge in [-0.05, 0) is 56.2 Å². The summed E-state index contributed by atoms with van der Waals surface area (Å²) in [6.45, 7) is 4.29. The first-order chi connectivity index (χ1) is 8.19. The monoisotopic (exact) mass is 229 g/mol. The van der Waals surface area contributed by atoms with Crippen LogP contribution < -0.4 is 4.74 Å². The maximum Gasteiger partial charge on any atom is 0.137 e. The van der Waals surface area contributed by atoms with Gasteiger partial charge in [0.15, 0.2) is 0 Å². The van der Waals surface area contributed by atoms with Gasteiger partial charge in [-0.15, -0.1) is 0 Å². The van der Waals surface area contributed by atoms with Gasteiger partial charge in [0.25, 0.3) is 0 Å². The molecule has 0 aliphatic heterocycles. The molecule has 0 unspecified atom stereocenters. The minimum atomic E-state index is 0.293. The third-order valence-corrected chi connectivity index (χ3v) is 3.51. The van der Waals surface area contributed by atoms with Crippen LogP contribution in [0.3, 0.4) is 0 Å². The zero-order valence-corrected chi connectivity index (χ0v) is 10.6. The van der Waals surface area contributed by atoms with Crippen LogP contribution in [0.5, 0.6) is 5.75 Å². The number of rotatable bonds is 2. The fourth-order valence-electron chi connectivity index (χ4n) is 2.36. The number of hydrogen-bond acceptors (Lipinski definition) is 2. The van der Waals surface area contributed by atoms with Gasteiger partial charge in [-0.3, -0.25) is 0 Å². The Morgan fingerprint density at radius 1 is 1.24 bits per heavy atom. The molecular weight excluding hydrogens is 210 g/mol. The Hall–Kier alpha value is -1.49. The molecule has 2 rings (SSSR count). The van der Waals surface area contributed by atoms with Crippen LogP contribution in [0.1, 0.15) is 43.7 Å². The summed E-state index contributed by atoms with van der Waals surface area (Å²) < 4.78 is 5.96. The molecule has 1 aliphatic rings. The molecule has 1 aromatic rings. The van der Waals surface area contributed by atoms with Crippen molar-refractivity contribution >= 4 is 0 Å². The van der Waals surface area contributed by atoms with E-state index in [4.69, 9.17) is 10.00 Å². The largest absolute Gasteiger partial charge is 0.489 e. The Morgan fingerprint density at radius 2 is 1.94 bits per heavy atom. The Bertz CT molecular complexity index is 425. The van der Waals surface area contributed by atoms with Crippen LogP contribution in [0.25, 0.3) is 0 Å². The molecule has 17 heavy (non-hydrogen) atoms. The molecule has 1 aliphatic carbocycles. The lowest BCUT2D eigenvalue weighted by Gasteiger charge is -2.27. The highest BCUT2D eigenvalue weighted by atomic mass is 16.5. The molecule has 0 radical (unpaired) electrons. The van der Waals surface area contributed by atoms with Crippen molar-refractivity contribution < 1.29 is 4.74 Å². The molecule has 0 aromatic heterocycles. The predicted octanol–water partition coefficient (Wildman–Crippen LogP) is 3.82. The quantitative estimate of drug-likeness (QED) is 0.772. The highest BCUT2D eigenvalue weighted by molar-refractivity contribution is 5.45. The number of ether oxygens (including phenoxy) is 1. The lowest BCUT2D eigenvalue weighted by molar-refractivity contribution is 0.135. The highest BCUT2D eigenvalue weighted by Gasteiger charge is 2.20. The van der Waals surface area contributed by atoms with E-state index in [1.165, 1.54) is 12.8 Å². The van der Waals surface area contributed by atoms with Gasteiger partial charge >= 0.3 is 0 Å². The van der Waals surface area contributed by atoms with Crippen LogP contribution >= 0.6 is 0 Å². The summed E-state index contributed by atoms with van der Waals surface area (Å²) in [6.07, 6.45) is 4.98. The molecule has 0 heterocycles. The molecule has 0 bridgehead atoms. The van der Waals surface area contributed by atoms with E-state index < -0.39 is 0 Å². The first kappa shape index (κ1) is 12.0.